The Hall–Kier alpha value is -1.46. The number of aliphatic hydroxyl groups is 1. The molecule has 0 spiro atoms. The Morgan fingerprint density at radius 3 is 2.77 bits per heavy atom. The van der Waals surface area contributed by atoms with Crippen molar-refractivity contribution in [3.8, 4) is 0 Å². The number of rotatable bonds is 7. The molecule has 2 rings (SSSR count). The highest BCUT2D eigenvalue weighted by atomic mass is 16.3. The number of aliphatic hydroxyl groups excluding tert-OH is 1. The van der Waals surface area contributed by atoms with Crippen molar-refractivity contribution in [1.29, 1.82) is 0 Å². The summed E-state index contributed by atoms with van der Waals surface area (Å²) in [5, 5.41) is 15.9. The molecule has 1 atom stereocenters. The van der Waals surface area contributed by atoms with Crippen molar-refractivity contribution in [1.82, 2.24) is 15.6 Å². The van der Waals surface area contributed by atoms with Crippen LogP contribution in [-0.2, 0) is 11.3 Å². The summed E-state index contributed by atoms with van der Waals surface area (Å²) in [6.07, 6.45) is 7.68. The maximum Gasteiger partial charge on any atom is 0.234 e. The molecule has 1 aliphatic carbocycles. The molecule has 1 aliphatic rings. The molecule has 3 N–H and O–H groups in total. The number of nitrogens with zero attached hydrogens (tertiary/aromatic N) is 1. The van der Waals surface area contributed by atoms with Crippen LogP contribution in [-0.4, -0.2) is 34.7 Å². The van der Waals surface area contributed by atoms with Crippen LogP contribution in [0.1, 0.15) is 44.7 Å². The number of amides is 1. The molecule has 1 fully saturated rings. The Morgan fingerprint density at radius 2 is 2.14 bits per heavy atom. The average molecular weight is 305 g/mol. The Balaban J connectivity index is 1.78. The van der Waals surface area contributed by atoms with Gasteiger partial charge in [-0.2, -0.15) is 0 Å². The predicted octanol–water partition coefficient (Wildman–Crippen LogP) is 1.62. The van der Waals surface area contributed by atoms with Crippen LogP contribution in [0, 0.1) is 5.92 Å². The fourth-order valence-electron chi connectivity index (χ4n) is 3.11. The van der Waals surface area contributed by atoms with E-state index in [9.17, 15) is 9.90 Å². The molecular formula is C17H27N3O2. The third kappa shape index (κ3) is 4.78. The van der Waals surface area contributed by atoms with E-state index >= 15 is 0 Å². The van der Waals surface area contributed by atoms with Crippen LogP contribution in [0.2, 0.25) is 0 Å². The summed E-state index contributed by atoms with van der Waals surface area (Å²) in [6.45, 7) is 2.74. The van der Waals surface area contributed by atoms with Crippen molar-refractivity contribution in [3.63, 3.8) is 0 Å². The predicted molar refractivity (Wildman–Crippen MR) is 86.2 cm³/mol. The van der Waals surface area contributed by atoms with E-state index in [1.165, 1.54) is 19.3 Å². The van der Waals surface area contributed by atoms with Crippen LogP contribution in [0.4, 0.5) is 0 Å². The maximum atomic E-state index is 12.0. The number of carbonyl (C=O) groups is 1. The molecule has 0 aliphatic heterocycles. The third-order valence-electron chi connectivity index (χ3n) is 4.68. The van der Waals surface area contributed by atoms with Crippen LogP contribution in [0.25, 0.3) is 0 Å². The van der Waals surface area contributed by atoms with Crippen LogP contribution < -0.4 is 10.6 Å². The topological polar surface area (TPSA) is 74.2 Å². The van der Waals surface area contributed by atoms with Crippen molar-refractivity contribution in [2.75, 3.05) is 13.2 Å². The molecule has 0 radical (unpaired) electrons. The summed E-state index contributed by atoms with van der Waals surface area (Å²) in [7, 11) is 0. The zero-order valence-electron chi connectivity index (χ0n) is 13.3. The van der Waals surface area contributed by atoms with Gasteiger partial charge in [-0.3, -0.25) is 9.78 Å². The van der Waals surface area contributed by atoms with E-state index in [1.807, 2.05) is 25.1 Å². The number of aromatic nitrogens is 1. The molecule has 5 heteroatoms. The summed E-state index contributed by atoms with van der Waals surface area (Å²) >= 11 is 0. The summed E-state index contributed by atoms with van der Waals surface area (Å²) < 4.78 is 0. The summed E-state index contributed by atoms with van der Waals surface area (Å²) in [6, 6.07) is 5.63. The van der Waals surface area contributed by atoms with Gasteiger partial charge in [0, 0.05) is 11.7 Å². The lowest BCUT2D eigenvalue weighted by Gasteiger charge is -2.39. The molecule has 0 bridgehead atoms. The molecule has 1 amide bonds. The lowest BCUT2D eigenvalue weighted by atomic mass is 9.76. The molecule has 0 saturated heterocycles. The first kappa shape index (κ1) is 16.9. The molecule has 1 heterocycles. The Labute approximate surface area is 132 Å². The van der Waals surface area contributed by atoms with E-state index in [4.69, 9.17) is 0 Å². The van der Waals surface area contributed by atoms with Gasteiger partial charge in [-0.1, -0.05) is 25.3 Å². The summed E-state index contributed by atoms with van der Waals surface area (Å²) in [4.78, 5) is 16.2. The quantitative estimate of drug-likeness (QED) is 0.715. The molecule has 0 aromatic carbocycles. The molecule has 122 valence electrons. The van der Waals surface area contributed by atoms with Crippen LogP contribution in [0.15, 0.2) is 24.4 Å². The third-order valence-corrected chi connectivity index (χ3v) is 4.68. The van der Waals surface area contributed by atoms with E-state index in [0.29, 0.717) is 12.5 Å². The minimum Gasteiger partial charge on any atom is -0.394 e. The second kappa shape index (κ2) is 8.25. The molecular weight excluding hydrogens is 278 g/mol. The first-order valence-electron chi connectivity index (χ1n) is 8.16. The lowest BCUT2D eigenvalue weighted by molar-refractivity contribution is -0.121. The van der Waals surface area contributed by atoms with Crippen molar-refractivity contribution < 1.29 is 9.90 Å². The molecule has 1 aromatic heterocycles. The van der Waals surface area contributed by atoms with E-state index in [0.717, 1.165) is 18.5 Å². The van der Waals surface area contributed by atoms with Crippen molar-refractivity contribution in [3.05, 3.63) is 30.1 Å². The van der Waals surface area contributed by atoms with Gasteiger partial charge in [0.15, 0.2) is 0 Å². The minimum absolute atomic E-state index is 0.0607. The highest BCUT2D eigenvalue weighted by Crippen LogP contribution is 2.32. The highest BCUT2D eigenvalue weighted by molar-refractivity contribution is 5.78. The van der Waals surface area contributed by atoms with Gasteiger partial charge >= 0.3 is 0 Å². The normalized spacial score (nSPS) is 18.6. The van der Waals surface area contributed by atoms with Crippen LogP contribution >= 0.6 is 0 Å². The van der Waals surface area contributed by atoms with Gasteiger partial charge in [-0.15, -0.1) is 0 Å². The number of carbonyl (C=O) groups excluding carboxylic acids is 1. The SMILES string of the molecule is CC(CO)(NCC(=O)NCc1ccccn1)C1CCCCC1. The second-order valence-corrected chi connectivity index (χ2v) is 6.36. The van der Waals surface area contributed by atoms with Gasteiger partial charge < -0.3 is 15.7 Å². The van der Waals surface area contributed by atoms with Gasteiger partial charge in [-0.05, 0) is 37.8 Å². The van der Waals surface area contributed by atoms with Gasteiger partial charge in [0.1, 0.15) is 0 Å². The first-order valence-corrected chi connectivity index (χ1v) is 8.16. The monoisotopic (exact) mass is 305 g/mol. The number of pyridine rings is 1. The fraction of sp³-hybridized carbons (Fsp3) is 0.647. The maximum absolute atomic E-state index is 12.0. The Bertz CT molecular complexity index is 460. The fourth-order valence-corrected chi connectivity index (χ4v) is 3.11. The van der Waals surface area contributed by atoms with Crippen molar-refractivity contribution in [2.24, 2.45) is 5.92 Å². The molecule has 1 unspecified atom stereocenters. The van der Waals surface area contributed by atoms with E-state index < -0.39 is 0 Å². The first-order chi connectivity index (χ1) is 10.6. The van der Waals surface area contributed by atoms with Crippen LogP contribution in [0.3, 0.4) is 0 Å². The molecule has 5 nitrogen and oxygen atoms in total. The molecule has 22 heavy (non-hydrogen) atoms. The number of hydrogen-bond acceptors (Lipinski definition) is 4. The Kier molecular flexibility index (Phi) is 6.34. The smallest absolute Gasteiger partial charge is 0.234 e. The van der Waals surface area contributed by atoms with Gasteiger partial charge in [0.05, 0.1) is 25.4 Å². The summed E-state index contributed by atoms with van der Waals surface area (Å²) in [5.74, 6) is 0.371. The van der Waals surface area contributed by atoms with E-state index in [-0.39, 0.29) is 24.6 Å². The molecule has 1 aromatic rings. The van der Waals surface area contributed by atoms with Crippen molar-refractivity contribution >= 4 is 5.91 Å². The van der Waals surface area contributed by atoms with Crippen LogP contribution in [0.5, 0.6) is 0 Å². The largest absolute Gasteiger partial charge is 0.394 e. The average Bonchev–Trinajstić information content (AvgIpc) is 2.59. The minimum atomic E-state index is -0.372. The number of nitrogens with one attached hydrogen (secondary N) is 2. The zero-order chi connectivity index (χ0) is 15.8. The van der Waals surface area contributed by atoms with Crippen molar-refractivity contribution in [2.45, 2.75) is 51.1 Å². The Morgan fingerprint density at radius 1 is 1.36 bits per heavy atom. The highest BCUT2D eigenvalue weighted by Gasteiger charge is 2.34. The molecule has 1 saturated carbocycles. The standard InChI is InChI=1S/C17H27N3O2/c1-17(13-21,14-7-3-2-4-8-14)20-12-16(22)19-11-15-9-5-6-10-18-15/h5-6,9-10,14,20-21H,2-4,7-8,11-13H2,1H3,(H,19,22). The summed E-state index contributed by atoms with van der Waals surface area (Å²) in [5.41, 5.74) is 0.469. The number of hydrogen-bond donors (Lipinski definition) is 3. The van der Waals surface area contributed by atoms with Gasteiger partial charge in [0.2, 0.25) is 5.91 Å². The lowest BCUT2D eigenvalue weighted by Crippen LogP contribution is -2.55. The van der Waals surface area contributed by atoms with E-state index in [1.54, 1.807) is 6.20 Å². The van der Waals surface area contributed by atoms with Gasteiger partial charge in [-0.25, -0.2) is 0 Å². The zero-order valence-corrected chi connectivity index (χ0v) is 13.3. The van der Waals surface area contributed by atoms with E-state index in [2.05, 4.69) is 15.6 Å². The second-order valence-electron chi connectivity index (χ2n) is 6.36. The van der Waals surface area contributed by atoms with Gasteiger partial charge in [0.25, 0.3) is 0 Å².